The van der Waals surface area contributed by atoms with Crippen molar-refractivity contribution in [2.45, 2.75) is 6.92 Å². The Morgan fingerprint density at radius 1 is 1.70 bits per heavy atom. The first-order valence-electron chi connectivity index (χ1n) is 2.91. The number of carbonyl (C=O) groups excluding carboxylic acids is 1. The molecule has 54 valence electrons. The second-order valence-corrected chi connectivity index (χ2v) is 1.54. The monoisotopic (exact) mass is 138 g/mol. The van der Waals surface area contributed by atoms with Crippen LogP contribution < -0.4 is 0 Å². The third-order valence-corrected chi connectivity index (χ3v) is 0.659. The van der Waals surface area contributed by atoms with E-state index in [-0.39, 0.29) is 0 Å². The standard InChI is InChI=1S/C5H4O2.C3H6/c6-4-5-2-1-3-7-5;1-3-2/h1-4H;3H,1H2,2H3. The lowest BCUT2D eigenvalue weighted by atomic mass is 10.5. The second kappa shape index (κ2) is 5.82. The van der Waals surface area contributed by atoms with Crippen LogP contribution in [0.5, 0.6) is 0 Å². The summed E-state index contributed by atoms with van der Waals surface area (Å²) in [5, 5.41) is 0. The first kappa shape index (κ1) is 8.69. The highest BCUT2D eigenvalue weighted by molar-refractivity contribution is 5.69. The SMILES string of the molecule is C=CC.O=Cc1ccco1. The predicted molar refractivity (Wildman–Crippen MR) is 40.0 cm³/mol. The molecule has 1 heterocycles. The summed E-state index contributed by atoms with van der Waals surface area (Å²) < 4.78 is 4.61. The molecule has 1 rings (SSSR count). The van der Waals surface area contributed by atoms with Crippen LogP contribution in [-0.2, 0) is 0 Å². The Kier molecular flexibility index (Phi) is 5.06. The van der Waals surface area contributed by atoms with Gasteiger partial charge in [-0.1, -0.05) is 6.08 Å². The Morgan fingerprint density at radius 2 is 2.30 bits per heavy atom. The topological polar surface area (TPSA) is 30.2 Å². The van der Waals surface area contributed by atoms with Gasteiger partial charge in [0.1, 0.15) is 0 Å². The Balaban J connectivity index is 0.000000236. The maximum Gasteiger partial charge on any atom is 0.185 e. The lowest BCUT2D eigenvalue weighted by Crippen LogP contribution is -1.65. The Labute approximate surface area is 60.2 Å². The van der Waals surface area contributed by atoms with E-state index in [2.05, 4.69) is 11.0 Å². The maximum atomic E-state index is 9.77. The van der Waals surface area contributed by atoms with Gasteiger partial charge in [0, 0.05) is 0 Å². The second-order valence-electron chi connectivity index (χ2n) is 1.54. The normalized spacial score (nSPS) is 7.30. The fourth-order valence-electron chi connectivity index (χ4n) is 0.358. The molecule has 0 amide bonds. The minimum Gasteiger partial charge on any atom is -0.462 e. The Hall–Kier alpha value is -1.31. The van der Waals surface area contributed by atoms with Crippen LogP contribution in [0.15, 0.2) is 35.5 Å². The molecule has 1 aromatic rings. The van der Waals surface area contributed by atoms with Crippen LogP contribution in [0.2, 0.25) is 0 Å². The van der Waals surface area contributed by atoms with Gasteiger partial charge in [-0.05, 0) is 19.1 Å². The molecule has 10 heavy (non-hydrogen) atoms. The Morgan fingerprint density at radius 3 is 2.50 bits per heavy atom. The van der Waals surface area contributed by atoms with Crippen molar-refractivity contribution in [3.05, 3.63) is 36.8 Å². The first-order chi connectivity index (χ1) is 4.85. The van der Waals surface area contributed by atoms with Gasteiger partial charge in [0.05, 0.1) is 6.26 Å². The molecule has 2 nitrogen and oxygen atoms in total. The fourth-order valence-corrected chi connectivity index (χ4v) is 0.358. The molecule has 0 spiro atoms. The third kappa shape index (κ3) is 3.66. The zero-order chi connectivity index (χ0) is 7.82. The number of rotatable bonds is 1. The molecule has 0 aliphatic rings. The minimum atomic E-state index is 0.375. The summed E-state index contributed by atoms with van der Waals surface area (Å²) in [6.07, 6.45) is 3.88. The molecule has 2 heteroatoms. The Bertz CT molecular complexity index is 175. The molecule has 0 unspecified atom stereocenters. The van der Waals surface area contributed by atoms with Gasteiger partial charge in [0.25, 0.3) is 0 Å². The summed E-state index contributed by atoms with van der Waals surface area (Å²) >= 11 is 0. The van der Waals surface area contributed by atoms with Crippen molar-refractivity contribution in [1.82, 2.24) is 0 Å². The number of hydrogen-bond acceptors (Lipinski definition) is 2. The van der Waals surface area contributed by atoms with Gasteiger partial charge in [-0.25, -0.2) is 0 Å². The van der Waals surface area contributed by atoms with Crippen LogP contribution in [0.1, 0.15) is 17.5 Å². The first-order valence-corrected chi connectivity index (χ1v) is 2.91. The summed E-state index contributed by atoms with van der Waals surface area (Å²) in [5.74, 6) is 0.375. The van der Waals surface area contributed by atoms with Gasteiger partial charge in [-0.15, -0.1) is 6.58 Å². The number of carbonyl (C=O) groups is 1. The molecule has 0 fully saturated rings. The molecule has 0 atom stereocenters. The highest BCUT2D eigenvalue weighted by Crippen LogP contribution is 1.92. The lowest BCUT2D eigenvalue weighted by molar-refractivity contribution is 0.110. The predicted octanol–water partition coefficient (Wildman–Crippen LogP) is 2.28. The number of aldehydes is 1. The summed E-state index contributed by atoms with van der Waals surface area (Å²) in [4.78, 5) is 9.77. The van der Waals surface area contributed by atoms with E-state index in [1.165, 1.54) is 6.26 Å². The number of furan rings is 1. The molecule has 0 N–H and O–H groups in total. The van der Waals surface area contributed by atoms with E-state index in [4.69, 9.17) is 0 Å². The number of hydrogen-bond donors (Lipinski definition) is 0. The molecule has 0 aliphatic carbocycles. The van der Waals surface area contributed by atoms with E-state index < -0.39 is 0 Å². The van der Waals surface area contributed by atoms with E-state index in [0.29, 0.717) is 12.0 Å². The van der Waals surface area contributed by atoms with Crippen molar-refractivity contribution in [3.8, 4) is 0 Å². The van der Waals surface area contributed by atoms with Crippen molar-refractivity contribution < 1.29 is 9.21 Å². The van der Waals surface area contributed by atoms with Gasteiger partial charge in [0.2, 0.25) is 0 Å². The molecule has 0 aromatic carbocycles. The molecule has 0 aliphatic heterocycles. The van der Waals surface area contributed by atoms with Gasteiger partial charge < -0.3 is 4.42 Å². The summed E-state index contributed by atoms with van der Waals surface area (Å²) in [5.41, 5.74) is 0. The van der Waals surface area contributed by atoms with Gasteiger partial charge in [-0.3, -0.25) is 4.79 Å². The molecule has 0 bridgehead atoms. The van der Waals surface area contributed by atoms with Crippen LogP contribution >= 0.6 is 0 Å². The van der Waals surface area contributed by atoms with Gasteiger partial charge in [-0.2, -0.15) is 0 Å². The van der Waals surface area contributed by atoms with Crippen LogP contribution in [0.4, 0.5) is 0 Å². The molecule has 0 radical (unpaired) electrons. The van der Waals surface area contributed by atoms with Crippen LogP contribution in [-0.4, -0.2) is 6.29 Å². The zero-order valence-corrected chi connectivity index (χ0v) is 5.91. The average Bonchev–Trinajstić information content (AvgIpc) is 2.39. The van der Waals surface area contributed by atoms with Crippen LogP contribution in [0.3, 0.4) is 0 Å². The van der Waals surface area contributed by atoms with Crippen LogP contribution in [0.25, 0.3) is 0 Å². The van der Waals surface area contributed by atoms with Gasteiger partial charge >= 0.3 is 0 Å². The number of allylic oxidation sites excluding steroid dienone is 1. The van der Waals surface area contributed by atoms with Crippen LogP contribution in [0, 0.1) is 0 Å². The highest BCUT2D eigenvalue weighted by atomic mass is 16.3. The third-order valence-electron chi connectivity index (χ3n) is 0.659. The highest BCUT2D eigenvalue weighted by Gasteiger charge is 1.84. The van der Waals surface area contributed by atoms with E-state index >= 15 is 0 Å². The lowest BCUT2D eigenvalue weighted by Gasteiger charge is -1.68. The fraction of sp³-hybridized carbons (Fsp3) is 0.125. The van der Waals surface area contributed by atoms with Crippen molar-refractivity contribution in [2.75, 3.05) is 0 Å². The molecule has 0 saturated heterocycles. The van der Waals surface area contributed by atoms with E-state index in [9.17, 15) is 4.79 Å². The van der Waals surface area contributed by atoms with E-state index in [1.54, 1.807) is 18.2 Å². The average molecular weight is 138 g/mol. The van der Waals surface area contributed by atoms with Crippen molar-refractivity contribution >= 4 is 6.29 Å². The van der Waals surface area contributed by atoms with Crippen molar-refractivity contribution in [3.63, 3.8) is 0 Å². The molecular weight excluding hydrogens is 128 g/mol. The quantitative estimate of drug-likeness (QED) is 0.440. The zero-order valence-electron chi connectivity index (χ0n) is 5.91. The minimum absolute atomic E-state index is 0.375. The van der Waals surface area contributed by atoms with Gasteiger partial charge in [0.15, 0.2) is 12.0 Å². The van der Waals surface area contributed by atoms with E-state index in [0.717, 1.165) is 0 Å². The van der Waals surface area contributed by atoms with E-state index in [1.807, 2.05) is 6.92 Å². The van der Waals surface area contributed by atoms with Crippen molar-refractivity contribution in [1.29, 1.82) is 0 Å². The maximum absolute atomic E-state index is 9.77. The molecule has 0 saturated carbocycles. The summed E-state index contributed by atoms with van der Waals surface area (Å²) in [6.45, 7) is 5.25. The smallest absolute Gasteiger partial charge is 0.185 e. The molecule has 1 aromatic heterocycles. The van der Waals surface area contributed by atoms with Crippen molar-refractivity contribution in [2.24, 2.45) is 0 Å². The molecular formula is C8H10O2. The summed E-state index contributed by atoms with van der Waals surface area (Å²) in [6, 6.07) is 3.27. The summed E-state index contributed by atoms with van der Waals surface area (Å²) in [7, 11) is 0. The largest absolute Gasteiger partial charge is 0.462 e.